The Hall–Kier alpha value is -3.00. The number of hydrogen-bond donors (Lipinski definition) is 1. The van der Waals surface area contributed by atoms with Crippen LogP contribution in [0.25, 0.3) is 10.2 Å². The molecule has 0 spiro atoms. The summed E-state index contributed by atoms with van der Waals surface area (Å²) in [5.41, 5.74) is 1.00. The van der Waals surface area contributed by atoms with Crippen molar-refractivity contribution < 1.29 is 14.3 Å². The molecule has 27 heavy (non-hydrogen) atoms. The number of benzene rings is 1. The highest BCUT2D eigenvalue weighted by Crippen LogP contribution is 2.27. The standard InChI is InChI=1S/C19H19N3O4S/c1-3-26-19(25)16-12(2)15-17(27-16)20-11-22(18(15)24)10-9-14(23)21-13-7-5-4-6-8-13/h4-8,11H,3,9-10H2,1-2H3,(H,21,23). The van der Waals surface area contributed by atoms with E-state index in [1.54, 1.807) is 26.0 Å². The van der Waals surface area contributed by atoms with Crippen molar-refractivity contribution in [2.24, 2.45) is 0 Å². The van der Waals surface area contributed by atoms with Gasteiger partial charge in [0.25, 0.3) is 5.56 Å². The summed E-state index contributed by atoms with van der Waals surface area (Å²) in [5.74, 6) is -0.645. The Morgan fingerprint density at radius 1 is 1.26 bits per heavy atom. The second kappa shape index (κ2) is 8.13. The van der Waals surface area contributed by atoms with Gasteiger partial charge in [-0.05, 0) is 31.5 Å². The van der Waals surface area contributed by atoms with E-state index in [2.05, 4.69) is 10.3 Å². The van der Waals surface area contributed by atoms with Gasteiger partial charge in [0.15, 0.2) is 0 Å². The van der Waals surface area contributed by atoms with Crippen molar-refractivity contribution in [3.63, 3.8) is 0 Å². The van der Waals surface area contributed by atoms with E-state index >= 15 is 0 Å². The zero-order chi connectivity index (χ0) is 19.4. The molecular weight excluding hydrogens is 366 g/mol. The molecule has 140 valence electrons. The Balaban J connectivity index is 1.78. The molecule has 0 aliphatic rings. The van der Waals surface area contributed by atoms with Gasteiger partial charge in [0.2, 0.25) is 5.91 Å². The Kier molecular flexibility index (Phi) is 5.66. The van der Waals surface area contributed by atoms with Crippen molar-refractivity contribution in [3.8, 4) is 0 Å². The molecule has 0 bridgehead atoms. The number of carbonyl (C=O) groups is 2. The lowest BCUT2D eigenvalue weighted by atomic mass is 10.2. The van der Waals surface area contributed by atoms with Crippen molar-refractivity contribution in [1.82, 2.24) is 9.55 Å². The van der Waals surface area contributed by atoms with Gasteiger partial charge in [-0.3, -0.25) is 14.2 Å². The molecule has 1 N–H and O–H groups in total. The van der Waals surface area contributed by atoms with Crippen molar-refractivity contribution >= 4 is 39.1 Å². The summed E-state index contributed by atoms with van der Waals surface area (Å²) < 4.78 is 6.42. The average Bonchev–Trinajstić information content (AvgIpc) is 3.00. The summed E-state index contributed by atoms with van der Waals surface area (Å²) in [4.78, 5) is 42.0. The van der Waals surface area contributed by atoms with Crippen LogP contribution in [0, 0.1) is 6.92 Å². The minimum absolute atomic E-state index is 0.135. The van der Waals surface area contributed by atoms with E-state index in [9.17, 15) is 14.4 Å². The summed E-state index contributed by atoms with van der Waals surface area (Å²) in [6, 6.07) is 9.12. The Bertz CT molecular complexity index is 1040. The molecule has 0 unspecified atom stereocenters. The summed E-state index contributed by atoms with van der Waals surface area (Å²) in [7, 11) is 0. The molecule has 2 aromatic heterocycles. The monoisotopic (exact) mass is 385 g/mol. The van der Waals surface area contributed by atoms with Crippen molar-refractivity contribution in [2.75, 3.05) is 11.9 Å². The highest BCUT2D eigenvalue weighted by molar-refractivity contribution is 7.20. The van der Waals surface area contributed by atoms with Crippen LogP contribution in [-0.4, -0.2) is 28.0 Å². The molecule has 0 radical (unpaired) electrons. The van der Waals surface area contributed by atoms with E-state index in [-0.39, 0.29) is 31.0 Å². The number of fused-ring (bicyclic) bond motifs is 1. The summed E-state index contributed by atoms with van der Waals surface area (Å²) in [6.07, 6.45) is 1.54. The lowest BCUT2D eigenvalue weighted by molar-refractivity contribution is -0.116. The maximum atomic E-state index is 12.8. The van der Waals surface area contributed by atoms with Crippen LogP contribution >= 0.6 is 11.3 Å². The smallest absolute Gasteiger partial charge is 0.348 e. The third-order valence-electron chi connectivity index (χ3n) is 4.02. The number of hydrogen-bond acceptors (Lipinski definition) is 6. The highest BCUT2D eigenvalue weighted by atomic mass is 32.1. The van der Waals surface area contributed by atoms with Gasteiger partial charge in [0.05, 0.1) is 18.3 Å². The molecule has 8 heteroatoms. The van der Waals surface area contributed by atoms with E-state index in [0.29, 0.717) is 26.3 Å². The van der Waals surface area contributed by atoms with Gasteiger partial charge in [-0.2, -0.15) is 0 Å². The Morgan fingerprint density at radius 2 is 2.00 bits per heavy atom. The minimum Gasteiger partial charge on any atom is -0.462 e. The number of nitrogens with zero attached hydrogens (tertiary/aromatic N) is 2. The number of esters is 1. The first-order chi connectivity index (χ1) is 13.0. The molecule has 3 rings (SSSR count). The fourth-order valence-electron chi connectivity index (χ4n) is 2.68. The predicted molar refractivity (Wildman–Crippen MR) is 104 cm³/mol. The Labute approximate surface area is 159 Å². The van der Waals surface area contributed by atoms with Crippen LogP contribution in [0.2, 0.25) is 0 Å². The molecule has 1 amide bonds. The number of ether oxygens (including phenoxy) is 1. The molecule has 0 fully saturated rings. The fraction of sp³-hybridized carbons (Fsp3) is 0.263. The van der Waals surface area contributed by atoms with Crippen LogP contribution in [0.5, 0.6) is 0 Å². The van der Waals surface area contributed by atoms with Gasteiger partial charge >= 0.3 is 5.97 Å². The maximum absolute atomic E-state index is 12.8. The number of rotatable bonds is 6. The molecule has 1 aromatic carbocycles. The molecule has 7 nitrogen and oxygen atoms in total. The van der Waals surface area contributed by atoms with Gasteiger partial charge in [-0.25, -0.2) is 9.78 Å². The highest BCUT2D eigenvalue weighted by Gasteiger charge is 2.20. The molecule has 3 aromatic rings. The topological polar surface area (TPSA) is 90.3 Å². The van der Waals surface area contributed by atoms with Crippen molar-refractivity contribution in [1.29, 1.82) is 0 Å². The molecular formula is C19H19N3O4S. The van der Waals surface area contributed by atoms with Crippen LogP contribution < -0.4 is 10.9 Å². The van der Waals surface area contributed by atoms with Gasteiger partial charge in [-0.15, -0.1) is 11.3 Å². The van der Waals surface area contributed by atoms with E-state index in [4.69, 9.17) is 4.74 Å². The zero-order valence-corrected chi connectivity index (χ0v) is 15.8. The van der Waals surface area contributed by atoms with Crippen LogP contribution in [0.3, 0.4) is 0 Å². The Morgan fingerprint density at radius 3 is 2.70 bits per heavy atom. The first-order valence-electron chi connectivity index (χ1n) is 8.51. The second-order valence-electron chi connectivity index (χ2n) is 5.86. The minimum atomic E-state index is -0.453. The predicted octanol–water partition coefficient (Wildman–Crippen LogP) is 2.97. The SMILES string of the molecule is CCOC(=O)c1sc2ncn(CCC(=O)Nc3ccccc3)c(=O)c2c1C. The van der Waals surface area contributed by atoms with Crippen LogP contribution in [0.15, 0.2) is 41.5 Å². The third kappa shape index (κ3) is 4.06. The van der Waals surface area contributed by atoms with Gasteiger partial charge in [0, 0.05) is 18.7 Å². The number of anilines is 1. The third-order valence-corrected chi connectivity index (χ3v) is 5.20. The van der Waals surface area contributed by atoms with Crippen LogP contribution in [-0.2, 0) is 16.1 Å². The number of aromatic nitrogens is 2. The number of nitrogens with one attached hydrogen (secondary N) is 1. The molecule has 2 heterocycles. The first kappa shape index (κ1) is 18.8. The number of thiophene rings is 1. The van der Waals surface area contributed by atoms with E-state index in [1.807, 2.05) is 18.2 Å². The van der Waals surface area contributed by atoms with Gasteiger partial charge in [0.1, 0.15) is 9.71 Å². The van der Waals surface area contributed by atoms with Crippen LogP contribution in [0.4, 0.5) is 5.69 Å². The normalized spacial score (nSPS) is 10.7. The van der Waals surface area contributed by atoms with E-state index in [1.165, 1.54) is 10.9 Å². The van der Waals surface area contributed by atoms with E-state index < -0.39 is 5.97 Å². The molecule has 0 aliphatic heterocycles. The summed E-state index contributed by atoms with van der Waals surface area (Å²) >= 11 is 1.14. The van der Waals surface area contributed by atoms with Crippen molar-refractivity contribution in [2.45, 2.75) is 26.8 Å². The lowest BCUT2D eigenvalue weighted by Gasteiger charge is -2.07. The van der Waals surface area contributed by atoms with Gasteiger partial charge in [-0.1, -0.05) is 18.2 Å². The van der Waals surface area contributed by atoms with Crippen LogP contribution in [0.1, 0.15) is 28.6 Å². The average molecular weight is 385 g/mol. The molecule has 0 saturated carbocycles. The zero-order valence-electron chi connectivity index (χ0n) is 15.0. The number of amides is 1. The number of aryl methyl sites for hydroxylation is 2. The first-order valence-corrected chi connectivity index (χ1v) is 9.33. The summed E-state index contributed by atoms with van der Waals surface area (Å²) in [6.45, 7) is 3.90. The molecule has 0 atom stereocenters. The second-order valence-corrected chi connectivity index (χ2v) is 6.86. The quantitative estimate of drug-likeness (QED) is 0.659. The maximum Gasteiger partial charge on any atom is 0.348 e. The fourth-order valence-corrected chi connectivity index (χ4v) is 3.71. The number of para-hydroxylation sites is 1. The van der Waals surface area contributed by atoms with Gasteiger partial charge < -0.3 is 10.1 Å². The summed E-state index contributed by atoms with van der Waals surface area (Å²) in [5, 5.41) is 3.18. The van der Waals surface area contributed by atoms with Crippen molar-refractivity contribution in [3.05, 3.63) is 57.5 Å². The lowest BCUT2D eigenvalue weighted by Crippen LogP contribution is -2.23. The largest absolute Gasteiger partial charge is 0.462 e. The molecule has 0 aliphatic carbocycles. The van der Waals surface area contributed by atoms with E-state index in [0.717, 1.165) is 11.3 Å². The molecule has 0 saturated heterocycles. The number of carbonyl (C=O) groups excluding carboxylic acids is 2.